The number of carboxylic acids is 1. The molecule has 0 aliphatic heterocycles. The molecule has 0 saturated heterocycles. The Morgan fingerprint density at radius 3 is 1.60 bits per heavy atom. The second-order valence-electron chi connectivity index (χ2n) is 8.45. The van der Waals surface area contributed by atoms with E-state index in [0.29, 0.717) is 12.1 Å². The zero-order chi connectivity index (χ0) is 31.9. The minimum absolute atomic E-state index is 0.304. The SMILES string of the molecule is O=C(O)c1ccccc1/N=N/c1c(S(=O)(=O)O)cc2cc(S(=O)(=O)O)c(/N=N/c3ccccc3[As](=O)(O)O)c(O)c2c1O. The van der Waals surface area contributed by atoms with Crippen LogP contribution in [0.3, 0.4) is 0 Å². The average Bonchev–Trinajstić information content (AvgIpc) is 2.90. The Hall–Kier alpha value is -4.49. The van der Waals surface area contributed by atoms with Crippen LogP contribution in [0.5, 0.6) is 11.5 Å². The molecule has 0 fully saturated rings. The molecule has 4 rings (SSSR count). The van der Waals surface area contributed by atoms with Gasteiger partial charge in [0.2, 0.25) is 0 Å². The topological polar surface area (TPSA) is 293 Å². The van der Waals surface area contributed by atoms with Crippen molar-refractivity contribution in [2.24, 2.45) is 20.5 Å². The predicted octanol–water partition coefficient (Wildman–Crippen LogP) is 2.83. The molecule has 4 aromatic carbocycles. The quantitative estimate of drug-likeness (QED) is 0.0793. The predicted molar refractivity (Wildman–Crippen MR) is 146 cm³/mol. The van der Waals surface area contributed by atoms with E-state index in [1.165, 1.54) is 30.3 Å². The van der Waals surface area contributed by atoms with E-state index in [1.807, 2.05) is 0 Å². The van der Waals surface area contributed by atoms with Crippen LogP contribution in [0, 0.1) is 0 Å². The van der Waals surface area contributed by atoms with Crippen molar-refractivity contribution in [2.45, 2.75) is 9.79 Å². The van der Waals surface area contributed by atoms with Crippen molar-refractivity contribution in [2.75, 3.05) is 0 Å². The zero-order valence-electron chi connectivity index (χ0n) is 20.9. The van der Waals surface area contributed by atoms with Crippen molar-refractivity contribution in [1.82, 2.24) is 0 Å². The summed E-state index contributed by atoms with van der Waals surface area (Å²) < 4.78 is 98.8. The molecule has 17 nitrogen and oxygen atoms in total. The first-order valence-electron chi connectivity index (χ1n) is 11.2. The van der Waals surface area contributed by atoms with Gasteiger partial charge < -0.3 is 5.11 Å². The Morgan fingerprint density at radius 1 is 0.698 bits per heavy atom. The Balaban J connectivity index is 2.05. The number of nitrogens with zero attached hydrogens (tertiary/aromatic N) is 4. The number of azo groups is 2. The Morgan fingerprint density at radius 2 is 1.14 bits per heavy atom. The number of benzene rings is 4. The zero-order valence-corrected chi connectivity index (χ0v) is 24.4. The van der Waals surface area contributed by atoms with E-state index in [1.54, 1.807) is 0 Å². The van der Waals surface area contributed by atoms with Gasteiger partial charge >= 0.3 is 204 Å². The van der Waals surface area contributed by atoms with E-state index in [2.05, 4.69) is 20.5 Å². The van der Waals surface area contributed by atoms with Crippen molar-refractivity contribution >= 4 is 78.3 Å². The molecule has 0 unspecified atom stereocenters. The Kier molecular flexibility index (Phi) is 8.26. The number of aromatic hydroxyl groups is 2. The number of phenols is 2. The van der Waals surface area contributed by atoms with E-state index >= 15 is 0 Å². The summed E-state index contributed by atoms with van der Waals surface area (Å²) in [7, 11) is -10.5. The fourth-order valence-corrected chi connectivity index (χ4v) is 6.57. The summed E-state index contributed by atoms with van der Waals surface area (Å²) in [5.41, 5.74) is -3.17. The molecular weight excluding hydrogens is 679 g/mol. The molecule has 0 saturated carbocycles. The molecule has 224 valence electrons. The van der Waals surface area contributed by atoms with Gasteiger partial charge in [0.15, 0.2) is 0 Å². The van der Waals surface area contributed by atoms with E-state index in [4.69, 9.17) is 0 Å². The summed E-state index contributed by atoms with van der Waals surface area (Å²) in [4.78, 5) is 9.16. The van der Waals surface area contributed by atoms with Gasteiger partial charge in [0.25, 0.3) is 0 Å². The fraction of sp³-hybridized carbons (Fsp3) is 0. The van der Waals surface area contributed by atoms with Gasteiger partial charge in [-0.15, -0.1) is 0 Å². The third kappa shape index (κ3) is 6.47. The van der Waals surface area contributed by atoms with Gasteiger partial charge in [0.05, 0.1) is 5.56 Å². The van der Waals surface area contributed by atoms with Gasteiger partial charge in [-0.05, 0) is 12.1 Å². The molecule has 0 spiro atoms. The number of carbonyl (C=O) groups is 1. The molecular formula is C23H17AsN4O13S2. The maximum absolute atomic E-state index is 12.2. The molecule has 0 atom stereocenters. The van der Waals surface area contributed by atoms with Gasteiger partial charge in [-0.1, -0.05) is 12.1 Å². The van der Waals surface area contributed by atoms with Crippen molar-refractivity contribution in [3.8, 4) is 11.5 Å². The minimum atomic E-state index is -5.60. The number of hydrogen-bond donors (Lipinski definition) is 7. The van der Waals surface area contributed by atoms with E-state index in [-0.39, 0.29) is 11.3 Å². The number of rotatable bonds is 8. The molecule has 20 heteroatoms. The number of aromatic carboxylic acids is 1. The molecule has 0 radical (unpaired) electrons. The van der Waals surface area contributed by atoms with Crippen LogP contribution in [0.25, 0.3) is 10.8 Å². The molecule has 4 aromatic rings. The summed E-state index contributed by atoms with van der Waals surface area (Å²) in [6.07, 6.45) is 0. The Bertz CT molecular complexity index is 2140. The van der Waals surface area contributed by atoms with Gasteiger partial charge in [-0.2, -0.15) is 0 Å². The van der Waals surface area contributed by atoms with Gasteiger partial charge in [-0.25, -0.2) is 4.79 Å². The summed E-state index contributed by atoms with van der Waals surface area (Å²) >= 11 is -5.60. The van der Waals surface area contributed by atoms with Gasteiger partial charge in [0.1, 0.15) is 0 Å². The summed E-state index contributed by atoms with van der Waals surface area (Å²) in [5, 5.41) is 44.3. The van der Waals surface area contributed by atoms with E-state index in [0.717, 1.165) is 18.2 Å². The third-order valence-corrected chi connectivity index (χ3v) is 9.50. The first-order valence-corrected chi connectivity index (χ1v) is 17.5. The van der Waals surface area contributed by atoms with Crippen molar-refractivity contribution in [3.05, 3.63) is 66.2 Å². The molecule has 43 heavy (non-hydrogen) atoms. The molecule has 0 aliphatic carbocycles. The van der Waals surface area contributed by atoms with E-state index in [9.17, 15) is 58.0 Å². The van der Waals surface area contributed by atoms with Crippen LogP contribution >= 0.6 is 0 Å². The van der Waals surface area contributed by atoms with Crippen molar-refractivity contribution in [1.29, 1.82) is 0 Å². The van der Waals surface area contributed by atoms with E-state index < -0.39 is 93.9 Å². The van der Waals surface area contributed by atoms with Crippen LogP contribution in [0.4, 0.5) is 22.7 Å². The number of carboxylic acid groups (broad SMARTS) is 1. The maximum atomic E-state index is 12.2. The molecule has 0 heterocycles. The van der Waals surface area contributed by atoms with Crippen LogP contribution in [-0.4, -0.2) is 69.6 Å². The number of fused-ring (bicyclic) bond motifs is 1. The second-order valence-corrected chi connectivity index (χ2v) is 14.5. The second kappa shape index (κ2) is 11.3. The van der Waals surface area contributed by atoms with Gasteiger partial charge in [0, 0.05) is 0 Å². The first-order chi connectivity index (χ1) is 19.9. The van der Waals surface area contributed by atoms with Crippen LogP contribution in [0.1, 0.15) is 10.4 Å². The van der Waals surface area contributed by atoms with Crippen LogP contribution in [-0.2, 0) is 24.0 Å². The molecule has 0 aromatic heterocycles. The van der Waals surface area contributed by atoms with Crippen LogP contribution < -0.4 is 4.35 Å². The van der Waals surface area contributed by atoms with Crippen LogP contribution in [0.15, 0.2) is 90.9 Å². The standard InChI is InChI=1S/C23H17AsN4O13S2/c29-21-18-11(9-16(42(36,37)38)19(21)27-25-14-7-3-1-5-12(14)23(31)32)10-17(43(39,40)41)20(22(18)30)28-26-15-8-4-2-6-13(15)24(33,34)35/h1-10,29-30H,(H,31,32)(H2,33,34,35)(H,36,37,38)(H,39,40,41)/b27-25+,28-26+. The fourth-order valence-electron chi connectivity index (χ4n) is 3.79. The molecule has 0 amide bonds. The normalized spacial score (nSPS) is 12.8. The van der Waals surface area contributed by atoms with Crippen molar-refractivity contribution < 1.29 is 58.0 Å². The monoisotopic (exact) mass is 696 g/mol. The number of phenolic OH excluding ortho intramolecular Hbond substituents is 2. The molecule has 0 bridgehead atoms. The summed E-state index contributed by atoms with van der Waals surface area (Å²) in [6.45, 7) is 0. The van der Waals surface area contributed by atoms with Crippen molar-refractivity contribution in [3.63, 3.8) is 0 Å². The molecule has 0 aliphatic rings. The molecule has 7 N–H and O–H groups in total. The first kappa shape index (κ1) is 31.4. The van der Waals surface area contributed by atoms with Crippen LogP contribution in [0.2, 0.25) is 0 Å². The van der Waals surface area contributed by atoms with Gasteiger partial charge in [-0.3, -0.25) is 0 Å². The Labute approximate surface area is 243 Å². The third-order valence-electron chi connectivity index (χ3n) is 5.65. The number of hydrogen-bond acceptors (Lipinski definition) is 12. The summed E-state index contributed by atoms with van der Waals surface area (Å²) in [6, 6.07) is 10.9. The summed E-state index contributed by atoms with van der Waals surface area (Å²) in [5.74, 6) is -3.87. The average molecular weight is 696 g/mol.